The molecule has 0 saturated carbocycles. The summed E-state index contributed by atoms with van der Waals surface area (Å²) in [5, 5.41) is 9.30. The van der Waals surface area contributed by atoms with Gasteiger partial charge in [0.2, 0.25) is 0 Å². The molecule has 0 spiro atoms. The van der Waals surface area contributed by atoms with E-state index in [0.717, 1.165) is 4.68 Å². The number of anilines is 3. The number of amides is 2. The van der Waals surface area contributed by atoms with E-state index in [2.05, 4.69) is 15.7 Å². The summed E-state index contributed by atoms with van der Waals surface area (Å²) in [4.78, 5) is 35.8. The summed E-state index contributed by atoms with van der Waals surface area (Å²) < 4.78 is 15.6. The number of hydrogen-bond acceptors (Lipinski definition) is 8. The minimum absolute atomic E-state index is 0.0115. The lowest BCUT2D eigenvalue weighted by molar-refractivity contribution is 0.151. The second-order valence-electron chi connectivity index (χ2n) is 5.11. The van der Waals surface area contributed by atoms with Gasteiger partial charge in [-0.05, 0) is 32.9 Å². The topological polar surface area (TPSA) is 147 Å². The van der Waals surface area contributed by atoms with Gasteiger partial charge in [-0.15, -0.1) is 5.10 Å². The maximum absolute atomic E-state index is 12.2. The highest BCUT2D eigenvalue weighted by atomic mass is 16.6. The number of ether oxygens (including phenoxy) is 3. The molecule has 0 aliphatic rings. The Morgan fingerprint density at radius 2 is 1.59 bits per heavy atom. The molecule has 0 atom stereocenters. The number of fused-ring (bicyclic) bond motifs is 1. The van der Waals surface area contributed by atoms with E-state index in [1.54, 1.807) is 20.8 Å². The van der Waals surface area contributed by atoms with Crippen molar-refractivity contribution in [2.75, 3.05) is 36.2 Å². The van der Waals surface area contributed by atoms with Crippen LogP contribution in [0.3, 0.4) is 0 Å². The number of benzene rings is 1. The highest BCUT2D eigenvalue weighted by Gasteiger charge is 2.21. The molecule has 0 fully saturated rings. The Morgan fingerprint density at radius 1 is 1.00 bits per heavy atom. The van der Waals surface area contributed by atoms with Gasteiger partial charge >= 0.3 is 18.3 Å². The molecular formula is C16H21N5O6. The van der Waals surface area contributed by atoms with E-state index in [1.165, 1.54) is 12.1 Å². The predicted molar refractivity (Wildman–Crippen MR) is 97.9 cm³/mol. The molecule has 0 aliphatic heterocycles. The van der Waals surface area contributed by atoms with Crippen molar-refractivity contribution in [3.05, 3.63) is 12.1 Å². The van der Waals surface area contributed by atoms with Crippen LogP contribution in [0.5, 0.6) is 0 Å². The highest BCUT2D eigenvalue weighted by molar-refractivity contribution is 6.08. The number of carbonyl (C=O) groups excluding carboxylic acids is 3. The summed E-state index contributed by atoms with van der Waals surface area (Å²) in [7, 11) is 0. The van der Waals surface area contributed by atoms with Crippen LogP contribution in [0.2, 0.25) is 0 Å². The third kappa shape index (κ3) is 4.57. The van der Waals surface area contributed by atoms with Gasteiger partial charge < -0.3 is 19.9 Å². The number of nitrogens with one attached hydrogen (secondary N) is 2. The number of nitrogen functional groups attached to an aromatic ring is 1. The largest absolute Gasteiger partial charge is 0.450 e. The van der Waals surface area contributed by atoms with E-state index in [4.69, 9.17) is 19.9 Å². The quantitative estimate of drug-likeness (QED) is 0.672. The number of rotatable bonds is 5. The van der Waals surface area contributed by atoms with Gasteiger partial charge in [0.25, 0.3) is 0 Å². The number of nitrogens with two attached hydrogens (primary N) is 1. The van der Waals surface area contributed by atoms with Crippen LogP contribution in [-0.4, -0.2) is 47.9 Å². The third-order valence-electron chi connectivity index (χ3n) is 3.28. The number of hydrogen-bond donors (Lipinski definition) is 3. The van der Waals surface area contributed by atoms with Crippen LogP contribution < -0.4 is 16.4 Å². The van der Waals surface area contributed by atoms with E-state index in [-0.39, 0.29) is 42.5 Å². The lowest BCUT2D eigenvalue weighted by Crippen LogP contribution is -2.19. The van der Waals surface area contributed by atoms with Gasteiger partial charge in [0.05, 0.1) is 25.5 Å². The highest BCUT2D eigenvalue weighted by Crippen LogP contribution is 2.32. The Balaban J connectivity index is 2.57. The van der Waals surface area contributed by atoms with E-state index in [9.17, 15) is 14.4 Å². The molecule has 2 aromatic rings. The van der Waals surface area contributed by atoms with Crippen LogP contribution in [0.25, 0.3) is 10.9 Å². The maximum atomic E-state index is 12.2. The smallest absolute Gasteiger partial charge is 0.435 e. The zero-order chi connectivity index (χ0) is 20.0. The fraction of sp³-hybridized carbons (Fsp3) is 0.375. The number of aromatic nitrogens is 2. The molecule has 0 unspecified atom stereocenters. The van der Waals surface area contributed by atoms with Crippen LogP contribution >= 0.6 is 0 Å². The Bertz CT molecular complexity index is 863. The normalized spacial score (nSPS) is 10.3. The van der Waals surface area contributed by atoms with Crippen LogP contribution in [-0.2, 0) is 14.2 Å². The molecular weight excluding hydrogens is 358 g/mol. The first-order chi connectivity index (χ1) is 12.9. The maximum Gasteiger partial charge on any atom is 0.435 e. The summed E-state index contributed by atoms with van der Waals surface area (Å²) >= 11 is 0. The van der Waals surface area contributed by atoms with E-state index in [1.807, 2.05) is 0 Å². The van der Waals surface area contributed by atoms with Gasteiger partial charge in [0, 0.05) is 11.1 Å². The molecule has 146 valence electrons. The molecule has 11 nitrogen and oxygen atoms in total. The second kappa shape index (κ2) is 8.74. The van der Waals surface area contributed by atoms with Gasteiger partial charge in [-0.1, -0.05) is 0 Å². The molecule has 27 heavy (non-hydrogen) atoms. The van der Waals surface area contributed by atoms with Crippen molar-refractivity contribution in [3.63, 3.8) is 0 Å². The third-order valence-corrected chi connectivity index (χ3v) is 3.28. The van der Waals surface area contributed by atoms with Crippen LogP contribution in [0.1, 0.15) is 20.8 Å². The first kappa shape index (κ1) is 19.8. The van der Waals surface area contributed by atoms with Gasteiger partial charge in [-0.3, -0.25) is 10.6 Å². The molecule has 1 aromatic carbocycles. The summed E-state index contributed by atoms with van der Waals surface area (Å²) in [6.07, 6.45) is -2.20. The Kier molecular flexibility index (Phi) is 6.41. The molecule has 1 aromatic heterocycles. The minimum atomic E-state index is -0.766. The molecule has 0 saturated heterocycles. The van der Waals surface area contributed by atoms with Crippen molar-refractivity contribution < 1.29 is 28.6 Å². The number of carbonyl (C=O) groups is 3. The first-order valence-corrected chi connectivity index (χ1v) is 8.28. The van der Waals surface area contributed by atoms with Crippen LogP contribution in [0, 0.1) is 0 Å². The SMILES string of the molecule is CCOC(=O)Nc1cc(NC(=O)OCC)c2c(c1)c(N)nn2C(=O)OCC. The van der Waals surface area contributed by atoms with Gasteiger partial charge in [0.1, 0.15) is 5.52 Å². The molecule has 2 rings (SSSR count). The molecule has 0 aliphatic carbocycles. The Hall–Kier alpha value is -3.50. The molecule has 0 bridgehead atoms. The number of nitrogens with zero attached hydrogens (tertiary/aromatic N) is 2. The second-order valence-corrected chi connectivity index (χ2v) is 5.11. The lowest BCUT2D eigenvalue weighted by atomic mass is 10.2. The van der Waals surface area contributed by atoms with Crippen molar-refractivity contribution in [3.8, 4) is 0 Å². The van der Waals surface area contributed by atoms with Crippen LogP contribution in [0.15, 0.2) is 12.1 Å². The van der Waals surface area contributed by atoms with Crippen molar-refractivity contribution in [2.45, 2.75) is 20.8 Å². The van der Waals surface area contributed by atoms with Crippen molar-refractivity contribution in [1.82, 2.24) is 9.78 Å². The summed E-state index contributed by atoms with van der Waals surface area (Å²) in [5.74, 6) is 0.0115. The fourth-order valence-electron chi connectivity index (χ4n) is 2.32. The van der Waals surface area contributed by atoms with Gasteiger partial charge in [-0.25, -0.2) is 14.4 Å². The predicted octanol–water partition coefficient (Wildman–Crippen LogP) is 2.76. The first-order valence-electron chi connectivity index (χ1n) is 8.28. The Labute approximate surface area is 154 Å². The lowest BCUT2D eigenvalue weighted by Gasteiger charge is -2.12. The van der Waals surface area contributed by atoms with E-state index >= 15 is 0 Å². The molecule has 4 N–H and O–H groups in total. The van der Waals surface area contributed by atoms with E-state index < -0.39 is 18.3 Å². The zero-order valence-electron chi connectivity index (χ0n) is 15.2. The Morgan fingerprint density at radius 3 is 2.19 bits per heavy atom. The summed E-state index contributed by atoms with van der Waals surface area (Å²) in [6, 6.07) is 2.92. The zero-order valence-corrected chi connectivity index (χ0v) is 15.2. The molecule has 1 heterocycles. The summed E-state index contributed by atoms with van der Waals surface area (Å²) in [5.41, 5.74) is 6.53. The molecule has 0 radical (unpaired) electrons. The fourth-order valence-corrected chi connectivity index (χ4v) is 2.32. The monoisotopic (exact) mass is 379 g/mol. The molecule has 11 heteroatoms. The molecule has 2 amide bonds. The van der Waals surface area contributed by atoms with Gasteiger partial charge in [-0.2, -0.15) is 4.68 Å². The van der Waals surface area contributed by atoms with Crippen molar-refractivity contribution >= 4 is 46.4 Å². The minimum Gasteiger partial charge on any atom is -0.450 e. The van der Waals surface area contributed by atoms with Crippen molar-refractivity contribution in [2.24, 2.45) is 0 Å². The average molecular weight is 379 g/mol. The van der Waals surface area contributed by atoms with Gasteiger partial charge in [0.15, 0.2) is 5.82 Å². The van der Waals surface area contributed by atoms with Crippen molar-refractivity contribution in [1.29, 1.82) is 0 Å². The standard InChI is InChI=1S/C16H21N5O6/c1-4-25-14(22)18-9-7-10-12(11(8-9)19-15(23)26-5-2)21(20-13(10)17)16(24)27-6-3/h7-8H,4-6H2,1-3H3,(H2,17,20)(H,18,22)(H,19,23). The average Bonchev–Trinajstić information content (AvgIpc) is 2.93. The van der Waals surface area contributed by atoms with Crippen LogP contribution in [0.4, 0.5) is 31.6 Å². The summed E-state index contributed by atoms with van der Waals surface area (Å²) in [6.45, 7) is 5.42. The van der Waals surface area contributed by atoms with E-state index in [0.29, 0.717) is 5.39 Å².